The highest BCUT2D eigenvalue weighted by Crippen LogP contribution is 2.36. The van der Waals surface area contributed by atoms with E-state index in [-0.39, 0.29) is 0 Å². The Balaban J connectivity index is 2.45. The molecule has 1 nitrogen and oxygen atoms in total. The van der Waals surface area contributed by atoms with Crippen molar-refractivity contribution in [2.75, 3.05) is 0 Å². The van der Waals surface area contributed by atoms with Gasteiger partial charge in [0.15, 0.2) is 6.10 Å². The molecule has 0 spiro atoms. The van der Waals surface area contributed by atoms with Gasteiger partial charge in [-0.25, -0.2) is 0 Å². The first-order chi connectivity index (χ1) is 5.91. The first-order valence-electron chi connectivity index (χ1n) is 4.66. The molecule has 13 heavy (non-hydrogen) atoms. The minimum absolute atomic E-state index is 0.502. The van der Waals surface area contributed by atoms with Crippen molar-refractivity contribution in [3.63, 3.8) is 0 Å². The Labute approximate surface area is 75.9 Å². The van der Waals surface area contributed by atoms with Gasteiger partial charge >= 0.3 is 6.18 Å². The van der Waals surface area contributed by atoms with Gasteiger partial charge in [0.2, 0.25) is 0 Å². The Bertz CT molecular complexity index is 159. The van der Waals surface area contributed by atoms with Crippen LogP contribution in [-0.4, -0.2) is 17.4 Å². The van der Waals surface area contributed by atoms with Crippen molar-refractivity contribution in [1.82, 2.24) is 0 Å². The second-order valence-electron chi connectivity index (χ2n) is 4.01. The lowest BCUT2D eigenvalue weighted by atomic mass is 9.80. The number of rotatable bonds is 1. The van der Waals surface area contributed by atoms with Crippen LogP contribution in [0.15, 0.2) is 0 Å². The van der Waals surface area contributed by atoms with E-state index >= 15 is 0 Å². The number of hydrogen-bond acceptors (Lipinski definition) is 1. The second-order valence-corrected chi connectivity index (χ2v) is 4.01. The lowest BCUT2D eigenvalue weighted by Crippen LogP contribution is -2.37. The fourth-order valence-corrected chi connectivity index (χ4v) is 1.87. The molecule has 1 saturated carbocycles. The maximum absolute atomic E-state index is 12.1. The molecule has 0 aromatic carbocycles. The predicted molar refractivity (Wildman–Crippen MR) is 43.2 cm³/mol. The molecular formula is C9H15F3O. The van der Waals surface area contributed by atoms with Crippen molar-refractivity contribution in [3.8, 4) is 0 Å². The normalized spacial score (nSPS) is 33.0. The van der Waals surface area contributed by atoms with Gasteiger partial charge in [0, 0.05) is 0 Å². The van der Waals surface area contributed by atoms with Crippen LogP contribution in [0, 0.1) is 11.8 Å². The van der Waals surface area contributed by atoms with Crippen molar-refractivity contribution >= 4 is 0 Å². The van der Waals surface area contributed by atoms with Crippen LogP contribution in [0.3, 0.4) is 0 Å². The van der Waals surface area contributed by atoms with Gasteiger partial charge in [-0.3, -0.25) is 0 Å². The smallest absolute Gasteiger partial charge is 0.383 e. The summed E-state index contributed by atoms with van der Waals surface area (Å²) in [5.74, 6) is -0.0621. The zero-order valence-corrected chi connectivity index (χ0v) is 7.64. The summed E-state index contributed by atoms with van der Waals surface area (Å²) in [6.07, 6.45) is -3.94. The zero-order chi connectivity index (χ0) is 10.1. The Hall–Kier alpha value is -0.250. The fourth-order valence-electron chi connectivity index (χ4n) is 1.87. The van der Waals surface area contributed by atoms with E-state index < -0.39 is 18.2 Å². The Morgan fingerprint density at radius 2 is 1.62 bits per heavy atom. The third kappa shape index (κ3) is 2.86. The average Bonchev–Trinajstić information content (AvgIpc) is 2.03. The molecule has 1 N–H and O–H groups in total. The Morgan fingerprint density at radius 3 is 2.00 bits per heavy atom. The molecule has 0 unspecified atom stereocenters. The van der Waals surface area contributed by atoms with E-state index in [0.29, 0.717) is 18.8 Å². The van der Waals surface area contributed by atoms with E-state index in [2.05, 4.69) is 0 Å². The zero-order valence-electron chi connectivity index (χ0n) is 7.64. The van der Waals surface area contributed by atoms with Gasteiger partial charge in [-0.05, 0) is 24.7 Å². The lowest BCUT2D eigenvalue weighted by molar-refractivity contribution is -0.222. The monoisotopic (exact) mass is 196 g/mol. The Morgan fingerprint density at radius 1 is 1.15 bits per heavy atom. The summed E-state index contributed by atoms with van der Waals surface area (Å²) in [4.78, 5) is 0. The van der Waals surface area contributed by atoms with E-state index in [9.17, 15) is 13.2 Å². The molecule has 0 heterocycles. The molecular weight excluding hydrogens is 181 g/mol. The predicted octanol–water partition coefficient (Wildman–Crippen LogP) is 2.74. The van der Waals surface area contributed by atoms with E-state index in [1.807, 2.05) is 6.92 Å². The fraction of sp³-hybridized carbons (Fsp3) is 1.00. The molecule has 0 aromatic rings. The largest absolute Gasteiger partial charge is 0.414 e. The molecule has 0 aliphatic heterocycles. The molecule has 4 heteroatoms. The standard InChI is InChI=1S/C9H15F3O/c1-6-2-4-7(5-3-6)8(13)9(10,11)12/h6-8,13H,2-5H2,1H3/t6?,7?,8-/m1/s1. The number of halogens is 3. The highest BCUT2D eigenvalue weighted by atomic mass is 19.4. The van der Waals surface area contributed by atoms with E-state index in [0.717, 1.165) is 12.8 Å². The second kappa shape index (κ2) is 3.86. The summed E-state index contributed by atoms with van der Waals surface area (Å²) in [5.41, 5.74) is 0. The van der Waals surface area contributed by atoms with E-state index in [4.69, 9.17) is 5.11 Å². The maximum atomic E-state index is 12.1. The average molecular weight is 196 g/mol. The van der Waals surface area contributed by atoms with Gasteiger partial charge in [0.05, 0.1) is 0 Å². The third-order valence-corrected chi connectivity index (χ3v) is 2.84. The molecule has 0 amide bonds. The van der Waals surface area contributed by atoms with E-state index in [1.165, 1.54) is 0 Å². The molecule has 0 aromatic heterocycles. The lowest BCUT2D eigenvalue weighted by Gasteiger charge is -2.30. The number of aliphatic hydroxyl groups excluding tert-OH is 1. The van der Waals surface area contributed by atoms with Crippen molar-refractivity contribution < 1.29 is 18.3 Å². The molecule has 1 fully saturated rings. The van der Waals surface area contributed by atoms with Crippen LogP contribution in [0.2, 0.25) is 0 Å². The van der Waals surface area contributed by atoms with Crippen LogP contribution in [0.5, 0.6) is 0 Å². The molecule has 0 radical (unpaired) electrons. The van der Waals surface area contributed by atoms with E-state index in [1.54, 1.807) is 0 Å². The summed E-state index contributed by atoms with van der Waals surface area (Å²) in [5, 5.41) is 8.97. The maximum Gasteiger partial charge on any atom is 0.414 e. The van der Waals surface area contributed by atoms with Gasteiger partial charge < -0.3 is 5.11 Å². The van der Waals surface area contributed by atoms with Crippen LogP contribution in [0.1, 0.15) is 32.6 Å². The summed E-state index contributed by atoms with van der Waals surface area (Å²) < 4.78 is 36.2. The summed E-state index contributed by atoms with van der Waals surface area (Å²) in [6.45, 7) is 2.04. The van der Waals surface area contributed by atoms with Gasteiger partial charge in [0.25, 0.3) is 0 Å². The molecule has 78 valence electrons. The highest BCUT2D eigenvalue weighted by molar-refractivity contribution is 4.79. The third-order valence-electron chi connectivity index (χ3n) is 2.84. The van der Waals surface area contributed by atoms with Crippen LogP contribution < -0.4 is 0 Å². The topological polar surface area (TPSA) is 20.2 Å². The number of alkyl halides is 3. The quantitative estimate of drug-likeness (QED) is 0.683. The van der Waals surface area contributed by atoms with Crippen LogP contribution in [0.4, 0.5) is 13.2 Å². The summed E-state index contributed by atoms with van der Waals surface area (Å²) in [7, 11) is 0. The van der Waals surface area contributed by atoms with Gasteiger partial charge in [0.1, 0.15) is 0 Å². The van der Waals surface area contributed by atoms with Gasteiger partial charge in [-0.1, -0.05) is 19.8 Å². The number of hydrogen-bond donors (Lipinski definition) is 1. The molecule has 0 bridgehead atoms. The van der Waals surface area contributed by atoms with Crippen molar-refractivity contribution in [2.24, 2.45) is 11.8 Å². The van der Waals surface area contributed by atoms with Crippen LogP contribution >= 0.6 is 0 Å². The van der Waals surface area contributed by atoms with Gasteiger partial charge in [-0.15, -0.1) is 0 Å². The van der Waals surface area contributed by atoms with Crippen LogP contribution in [0.25, 0.3) is 0 Å². The van der Waals surface area contributed by atoms with Crippen LogP contribution in [-0.2, 0) is 0 Å². The molecule has 1 aliphatic carbocycles. The minimum atomic E-state index is -4.44. The minimum Gasteiger partial charge on any atom is -0.383 e. The Kier molecular flexibility index (Phi) is 3.22. The van der Waals surface area contributed by atoms with Crippen molar-refractivity contribution in [2.45, 2.75) is 44.9 Å². The highest BCUT2D eigenvalue weighted by Gasteiger charge is 2.43. The van der Waals surface area contributed by atoms with Crippen molar-refractivity contribution in [3.05, 3.63) is 0 Å². The van der Waals surface area contributed by atoms with Gasteiger partial charge in [-0.2, -0.15) is 13.2 Å². The molecule has 1 aliphatic rings. The molecule has 0 saturated heterocycles. The molecule has 1 atom stereocenters. The first kappa shape index (κ1) is 10.8. The first-order valence-corrected chi connectivity index (χ1v) is 4.66. The summed E-state index contributed by atoms with van der Waals surface area (Å²) in [6, 6.07) is 0. The van der Waals surface area contributed by atoms with Crippen molar-refractivity contribution in [1.29, 1.82) is 0 Å². The number of aliphatic hydroxyl groups is 1. The molecule has 1 rings (SSSR count). The summed E-state index contributed by atoms with van der Waals surface area (Å²) >= 11 is 0. The SMILES string of the molecule is CC1CCC([C@@H](O)C(F)(F)F)CC1.